The second-order valence-electron chi connectivity index (χ2n) is 10.5. The monoisotopic (exact) mass is 518 g/mol. The molecular weight excluding hydrogens is 480 g/mol. The normalized spacial score (nSPS) is 21.3. The number of methoxy groups -OCH3 is 1. The van der Waals surface area contributed by atoms with Gasteiger partial charge in [0.15, 0.2) is 5.78 Å². The summed E-state index contributed by atoms with van der Waals surface area (Å²) in [6.07, 6.45) is 2.57. The van der Waals surface area contributed by atoms with Crippen molar-refractivity contribution in [2.24, 2.45) is 5.92 Å². The lowest BCUT2D eigenvalue weighted by Crippen LogP contribution is -2.32. The van der Waals surface area contributed by atoms with Gasteiger partial charge in [-0.3, -0.25) is 4.79 Å². The van der Waals surface area contributed by atoms with Crippen molar-refractivity contribution in [3.63, 3.8) is 0 Å². The molecule has 2 atom stereocenters. The molecule has 2 heterocycles. The van der Waals surface area contributed by atoms with Gasteiger partial charge in [-0.2, -0.15) is 0 Å². The van der Waals surface area contributed by atoms with Crippen LogP contribution in [-0.4, -0.2) is 55.6 Å². The smallest absolute Gasteiger partial charge is 0.336 e. The van der Waals surface area contributed by atoms with Crippen LogP contribution in [0.1, 0.15) is 49.7 Å². The van der Waals surface area contributed by atoms with E-state index in [0.717, 1.165) is 59.8 Å². The number of nitrogens with one attached hydrogen (secondary N) is 1. The molecule has 7 heteroatoms. The van der Waals surface area contributed by atoms with Crippen molar-refractivity contribution in [3.05, 3.63) is 82.2 Å². The topological polar surface area (TPSA) is 88.1 Å². The molecule has 2 aromatic rings. The molecule has 1 saturated heterocycles. The minimum absolute atomic E-state index is 0.0700. The van der Waals surface area contributed by atoms with Crippen LogP contribution >= 0.6 is 0 Å². The number of para-hydroxylation sites is 1. The van der Waals surface area contributed by atoms with E-state index in [2.05, 4.69) is 17.3 Å². The standard InChI is InChI=1S/C24H30N2O4.C7H8O/c1-15-19(24(28)30-14-16-8-9-26(2)13-16)12-20-21(25-15)10-17(11-22(20)27)18-6-4-5-7-23(18)29-3;1-6-3-2-4-7(8)5-6/h4-7,16-17,25H,8-14H2,1-3H3;2-5,8H,1H3/t16?,17-;/m1./s1. The van der Waals surface area contributed by atoms with Crippen LogP contribution in [0.5, 0.6) is 11.5 Å². The number of carbonyl (C=O) groups is 2. The molecule has 0 bridgehead atoms. The summed E-state index contributed by atoms with van der Waals surface area (Å²) in [5.41, 5.74) is 5.15. The Morgan fingerprint density at radius 2 is 1.92 bits per heavy atom. The predicted octanol–water partition coefficient (Wildman–Crippen LogP) is 4.86. The minimum Gasteiger partial charge on any atom is -0.508 e. The molecule has 7 nitrogen and oxygen atoms in total. The molecule has 0 spiro atoms. The lowest BCUT2D eigenvalue weighted by Gasteiger charge is -2.32. The van der Waals surface area contributed by atoms with E-state index in [1.807, 2.05) is 50.2 Å². The summed E-state index contributed by atoms with van der Waals surface area (Å²) >= 11 is 0. The molecule has 1 unspecified atom stereocenters. The average Bonchev–Trinajstić information content (AvgIpc) is 3.32. The highest BCUT2D eigenvalue weighted by Crippen LogP contribution is 2.41. The maximum Gasteiger partial charge on any atom is 0.336 e. The number of Topliss-reactive ketones (excluding diaryl/α,β-unsaturated/α-hetero) is 1. The number of aromatic hydroxyl groups is 1. The van der Waals surface area contributed by atoms with Gasteiger partial charge < -0.3 is 24.8 Å². The summed E-state index contributed by atoms with van der Waals surface area (Å²) in [4.78, 5) is 27.9. The van der Waals surface area contributed by atoms with Crippen LogP contribution in [0.3, 0.4) is 0 Å². The third-order valence-corrected chi connectivity index (χ3v) is 7.49. The zero-order chi connectivity index (χ0) is 27.2. The summed E-state index contributed by atoms with van der Waals surface area (Å²) in [6.45, 7) is 6.28. The first-order chi connectivity index (χ1) is 18.2. The zero-order valence-electron chi connectivity index (χ0n) is 22.8. The molecule has 1 fully saturated rings. The van der Waals surface area contributed by atoms with E-state index in [1.54, 1.807) is 19.2 Å². The maximum atomic E-state index is 13.0. The summed E-state index contributed by atoms with van der Waals surface area (Å²) in [7, 11) is 3.74. The predicted molar refractivity (Wildman–Crippen MR) is 147 cm³/mol. The average molecular weight is 519 g/mol. The van der Waals surface area contributed by atoms with Crippen molar-refractivity contribution in [3.8, 4) is 11.5 Å². The summed E-state index contributed by atoms with van der Waals surface area (Å²) in [5.74, 6) is 1.40. The highest BCUT2D eigenvalue weighted by molar-refractivity contribution is 6.01. The molecule has 38 heavy (non-hydrogen) atoms. The molecule has 2 N–H and O–H groups in total. The lowest BCUT2D eigenvalue weighted by atomic mass is 9.78. The van der Waals surface area contributed by atoms with E-state index < -0.39 is 0 Å². The van der Waals surface area contributed by atoms with E-state index in [1.165, 1.54) is 0 Å². The first kappa shape index (κ1) is 27.5. The van der Waals surface area contributed by atoms with Gasteiger partial charge in [-0.05, 0) is 69.6 Å². The van der Waals surface area contributed by atoms with Crippen molar-refractivity contribution in [1.29, 1.82) is 0 Å². The summed E-state index contributed by atoms with van der Waals surface area (Å²) in [5, 5.41) is 12.2. The van der Waals surface area contributed by atoms with Crippen LogP contribution in [0, 0.1) is 12.8 Å². The van der Waals surface area contributed by atoms with E-state index in [-0.39, 0.29) is 17.7 Å². The zero-order valence-corrected chi connectivity index (χ0v) is 22.8. The molecule has 0 amide bonds. The lowest BCUT2D eigenvalue weighted by molar-refractivity contribution is -0.140. The van der Waals surface area contributed by atoms with Crippen LogP contribution in [-0.2, 0) is 14.3 Å². The highest BCUT2D eigenvalue weighted by atomic mass is 16.5. The van der Waals surface area contributed by atoms with Crippen LogP contribution in [0.15, 0.2) is 71.1 Å². The number of ketones is 1. The van der Waals surface area contributed by atoms with Crippen molar-refractivity contribution in [2.75, 3.05) is 33.9 Å². The van der Waals surface area contributed by atoms with E-state index >= 15 is 0 Å². The van der Waals surface area contributed by atoms with Crippen molar-refractivity contribution >= 4 is 11.8 Å². The second kappa shape index (κ2) is 12.3. The molecule has 1 aliphatic carbocycles. The van der Waals surface area contributed by atoms with E-state index in [4.69, 9.17) is 14.6 Å². The molecule has 0 aromatic heterocycles. The molecule has 2 aliphatic heterocycles. The van der Waals surface area contributed by atoms with Gasteiger partial charge >= 0.3 is 5.97 Å². The number of allylic oxidation sites excluding steroid dienone is 3. The quantitative estimate of drug-likeness (QED) is 0.547. The van der Waals surface area contributed by atoms with Gasteiger partial charge in [-0.15, -0.1) is 0 Å². The fraction of sp³-hybridized carbons (Fsp3) is 0.419. The van der Waals surface area contributed by atoms with Crippen LogP contribution in [0.25, 0.3) is 0 Å². The number of phenols is 1. The SMILES string of the molecule is COc1ccccc1[C@H]1CC(=O)C2=C(C1)NC(C)=C(C(=O)OCC1CCN(C)C1)C2.Cc1cccc(O)c1. The van der Waals surface area contributed by atoms with Gasteiger partial charge in [0, 0.05) is 48.2 Å². The van der Waals surface area contributed by atoms with Gasteiger partial charge in [0.1, 0.15) is 11.5 Å². The van der Waals surface area contributed by atoms with Crippen molar-refractivity contribution in [2.45, 2.75) is 45.4 Å². The van der Waals surface area contributed by atoms with Crippen molar-refractivity contribution < 1.29 is 24.2 Å². The second-order valence-corrected chi connectivity index (χ2v) is 10.5. The van der Waals surface area contributed by atoms with Crippen LogP contribution in [0.2, 0.25) is 0 Å². The van der Waals surface area contributed by atoms with E-state index in [9.17, 15) is 9.59 Å². The molecule has 0 radical (unpaired) electrons. The fourth-order valence-corrected chi connectivity index (χ4v) is 5.42. The Hall–Kier alpha value is -3.58. The number of dihydropyridines is 1. The number of likely N-dealkylation sites (tertiary alicyclic amines) is 1. The van der Waals surface area contributed by atoms with Crippen LogP contribution in [0.4, 0.5) is 0 Å². The molecule has 202 valence electrons. The minimum atomic E-state index is -0.305. The number of ether oxygens (including phenoxy) is 2. The molecule has 3 aliphatic rings. The number of nitrogens with zero attached hydrogens (tertiary/aromatic N) is 1. The number of rotatable bonds is 5. The Balaban J connectivity index is 0.000000360. The Morgan fingerprint density at radius 1 is 1.13 bits per heavy atom. The third kappa shape index (κ3) is 6.64. The first-order valence-corrected chi connectivity index (χ1v) is 13.2. The number of esters is 1. The fourth-order valence-electron chi connectivity index (χ4n) is 5.42. The summed E-state index contributed by atoms with van der Waals surface area (Å²) in [6, 6.07) is 15.0. The van der Waals surface area contributed by atoms with Crippen LogP contribution < -0.4 is 10.1 Å². The molecule has 2 aromatic carbocycles. The number of aryl methyl sites for hydroxylation is 1. The van der Waals surface area contributed by atoms with Gasteiger partial charge in [-0.25, -0.2) is 4.79 Å². The van der Waals surface area contributed by atoms with Gasteiger partial charge in [0.25, 0.3) is 0 Å². The molecular formula is C31H38N2O5. The third-order valence-electron chi connectivity index (χ3n) is 7.49. The first-order valence-electron chi connectivity index (χ1n) is 13.2. The number of hydrogen-bond acceptors (Lipinski definition) is 7. The Morgan fingerprint density at radius 3 is 2.58 bits per heavy atom. The summed E-state index contributed by atoms with van der Waals surface area (Å²) < 4.78 is 11.1. The Kier molecular flexibility index (Phi) is 8.89. The van der Waals surface area contributed by atoms with Gasteiger partial charge in [-0.1, -0.05) is 30.3 Å². The highest BCUT2D eigenvalue weighted by Gasteiger charge is 2.35. The number of benzene rings is 2. The Bertz CT molecular complexity index is 1230. The van der Waals surface area contributed by atoms with Crippen molar-refractivity contribution in [1.82, 2.24) is 10.2 Å². The number of carbonyl (C=O) groups excluding carboxylic acids is 2. The number of phenolic OH excluding ortho intramolecular Hbond substituents is 1. The van der Waals surface area contributed by atoms with Gasteiger partial charge in [0.2, 0.25) is 0 Å². The van der Waals surface area contributed by atoms with Gasteiger partial charge in [0.05, 0.1) is 19.3 Å². The maximum absolute atomic E-state index is 13.0. The number of hydrogen-bond donors (Lipinski definition) is 2. The Labute approximate surface area is 225 Å². The molecule has 0 saturated carbocycles. The van der Waals surface area contributed by atoms with E-state index in [0.29, 0.717) is 36.7 Å². The molecule has 5 rings (SSSR count). The largest absolute Gasteiger partial charge is 0.508 e.